The number of hydrogen-bond acceptors (Lipinski definition) is 3. The van der Waals surface area contributed by atoms with Gasteiger partial charge in [0.2, 0.25) is 0 Å². The van der Waals surface area contributed by atoms with Crippen molar-refractivity contribution in [2.45, 2.75) is 19.9 Å². The SMILES string of the molecule is CCCn1cc(OCCN)cn1. The molecule has 12 heavy (non-hydrogen) atoms. The second-order valence-corrected chi connectivity index (χ2v) is 2.58. The predicted octanol–water partition coefficient (Wildman–Crippen LogP) is 0.631. The highest BCUT2D eigenvalue weighted by molar-refractivity contribution is 5.11. The monoisotopic (exact) mass is 169 g/mol. The third-order valence-corrected chi connectivity index (χ3v) is 1.45. The van der Waals surface area contributed by atoms with E-state index in [2.05, 4.69) is 12.0 Å². The molecule has 0 spiro atoms. The number of aromatic nitrogens is 2. The highest BCUT2D eigenvalue weighted by atomic mass is 16.5. The van der Waals surface area contributed by atoms with Crippen molar-refractivity contribution in [3.63, 3.8) is 0 Å². The Labute approximate surface area is 72.3 Å². The van der Waals surface area contributed by atoms with Crippen molar-refractivity contribution < 1.29 is 4.74 Å². The van der Waals surface area contributed by atoms with Gasteiger partial charge >= 0.3 is 0 Å². The summed E-state index contributed by atoms with van der Waals surface area (Å²) in [6.45, 7) is 4.14. The molecule has 0 aromatic carbocycles. The van der Waals surface area contributed by atoms with E-state index in [1.54, 1.807) is 6.20 Å². The quantitative estimate of drug-likeness (QED) is 0.703. The lowest BCUT2D eigenvalue weighted by molar-refractivity contribution is 0.327. The Bertz CT molecular complexity index is 222. The second-order valence-electron chi connectivity index (χ2n) is 2.58. The molecule has 4 nitrogen and oxygen atoms in total. The van der Waals surface area contributed by atoms with Gasteiger partial charge in [-0.05, 0) is 6.42 Å². The second kappa shape index (κ2) is 4.77. The molecule has 0 aliphatic rings. The molecule has 0 fully saturated rings. The van der Waals surface area contributed by atoms with Crippen molar-refractivity contribution in [1.29, 1.82) is 0 Å². The normalized spacial score (nSPS) is 10.2. The minimum atomic E-state index is 0.541. The largest absolute Gasteiger partial charge is 0.489 e. The standard InChI is InChI=1S/C8H15N3O/c1-2-4-11-7-8(6-10-11)12-5-3-9/h6-7H,2-5,9H2,1H3. The first kappa shape index (κ1) is 9.06. The molecule has 1 aromatic rings. The molecule has 68 valence electrons. The first-order chi connectivity index (χ1) is 5.86. The Kier molecular flexibility index (Phi) is 3.60. The summed E-state index contributed by atoms with van der Waals surface area (Å²) in [5, 5.41) is 4.11. The van der Waals surface area contributed by atoms with E-state index < -0.39 is 0 Å². The zero-order valence-electron chi connectivity index (χ0n) is 7.36. The van der Waals surface area contributed by atoms with Crippen LogP contribution >= 0.6 is 0 Å². The Morgan fingerprint density at radius 3 is 3.17 bits per heavy atom. The summed E-state index contributed by atoms with van der Waals surface area (Å²) in [6.07, 6.45) is 4.68. The topological polar surface area (TPSA) is 53.1 Å². The van der Waals surface area contributed by atoms with E-state index in [9.17, 15) is 0 Å². The Hall–Kier alpha value is -1.03. The van der Waals surface area contributed by atoms with Gasteiger partial charge in [0, 0.05) is 13.1 Å². The summed E-state index contributed by atoms with van der Waals surface area (Å²) < 4.78 is 7.14. The lowest BCUT2D eigenvalue weighted by Gasteiger charge is -1.98. The van der Waals surface area contributed by atoms with Crippen molar-refractivity contribution in [3.8, 4) is 5.75 Å². The van der Waals surface area contributed by atoms with Crippen molar-refractivity contribution >= 4 is 0 Å². The van der Waals surface area contributed by atoms with Gasteiger partial charge in [-0.1, -0.05) is 6.92 Å². The molecule has 0 saturated carbocycles. The maximum absolute atomic E-state index is 5.29. The van der Waals surface area contributed by atoms with E-state index in [0.29, 0.717) is 13.2 Å². The van der Waals surface area contributed by atoms with Crippen LogP contribution in [0.15, 0.2) is 12.4 Å². The van der Waals surface area contributed by atoms with Crippen LogP contribution in [0.25, 0.3) is 0 Å². The highest BCUT2D eigenvalue weighted by Crippen LogP contribution is 2.07. The third-order valence-electron chi connectivity index (χ3n) is 1.45. The fourth-order valence-corrected chi connectivity index (χ4v) is 0.947. The fourth-order valence-electron chi connectivity index (χ4n) is 0.947. The summed E-state index contributed by atoms with van der Waals surface area (Å²) in [6, 6.07) is 0. The average molecular weight is 169 g/mol. The molecule has 0 amide bonds. The molecule has 0 aliphatic carbocycles. The molecule has 0 aliphatic heterocycles. The summed E-state index contributed by atoms with van der Waals surface area (Å²) in [5.41, 5.74) is 5.29. The first-order valence-electron chi connectivity index (χ1n) is 4.22. The average Bonchev–Trinajstić information content (AvgIpc) is 2.50. The summed E-state index contributed by atoms with van der Waals surface area (Å²) in [4.78, 5) is 0. The number of nitrogens with two attached hydrogens (primary N) is 1. The van der Waals surface area contributed by atoms with Crippen molar-refractivity contribution in [3.05, 3.63) is 12.4 Å². The molecular weight excluding hydrogens is 154 g/mol. The van der Waals surface area contributed by atoms with Crippen molar-refractivity contribution in [2.75, 3.05) is 13.2 Å². The van der Waals surface area contributed by atoms with Gasteiger partial charge in [0.05, 0.1) is 12.4 Å². The number of nitrogens with zero attached hydrogens (tertiary/aromatic N) is 2. The third kappa shape index (κ3) is 2.54. The Morgan fingerprint density at radius 2 is 2.50 bits per heavy atom. The van der Waals surface area contributed by atoms with Crippen LogP contribution in [0.1, 0.15) is 13.3 Å². The number of ether oxygens (including phenoxy) is 1. The van der Waals surface area contributed by atoms with Crippen LogP contribution in [0.5, 0.6) is 5.75 Å². The zero-order chi connectivity index (χ0) is 8.81. The van der Waals surface area contributed by atoms with E-state index in [-0.39, 0.29) is 0 Å². The van der Waals surface area contributed by atoms with Gasteiger partial charge in [-0.3, -0.25) is 4.68 Å². The van der Waals surface area contributed by atoms with E-state index in [0.717, 1.165) is 18.7 Å². The molecule has 1 rings (SSSR count). The Balaban J connectivity index is 2.41. The molecule has 0 atom stereocenters. The maximum atomic E-state index is 5.29. The van der Waals surface area contributed by atoms with Gasteiger partial charge in [0.15, 0.2) is 5.75 Å². The van der Waals surface area contributed by atoms with Crippen LogP contribution < -0.4 is 10.5 Å². The maximum Gasteiger partial charge on any atom is 0.157 e. The van der Waals surface area contributed by atoms with Crippen LogP contribution in [0.4, 0.5) is 0 Å². The fraction of sp³-hybridized carbons (Fsp3) is 0.625. The number of aryl methyl sites for hydroxylation is 1. The zero-order valence-corrected chi connectivity index (χ0v) is 7.36. The van der Waals surface area contributed by atoms with Crippen LogP contribution in [0, 0.1) is 0 Å². The molecule has 0 saturated heterocycles. The minimum absolute atomic E-state index is 0.541. The van der Waals surface area contributed by atoms with Gasteiger partial charge in [0.25, 0.3) is 0 Å². The van der Waals surface area contributed by atoms with Crippen LogP contribution in [0.3, 0.4) is 0 Å². The summed E-state index contributed by atoms with van der Waals surface area (Å²) in [7, 11) is 0. The van der Waals surface area contributed by atoms with E-state index >= 15 is 0 Å². The molecule has 1 heterocycles. The van der Waals surface area contributed by atoms with Gasteiger partial charge in [0.1, 0.15) is 6.61 Å². The van der Waals surface area contributed by atoms with Crippen molar-refractivity contribution in [1.82, 2.24) is 9.78 Å². The summed E-state index contributed by atoms with van der Waals surface area (Å²) >= 11 is 0. The highest BCUT2D eigenvalue weighted by Gasteiger charge is 1.96. The predicted molar refractivity (Wildman–Crippen MR) is 47.1 cm³/mol. The van der Waals surface area contributed by atoms with Gasteiger partial charge < -0.3 is 10.5 Å². The Morgan fingerprint density at radius 1 is 1.67 bits per heavy atom. The molecule has 0 radical (unpaired) electrons. The molecule has 0 unspecified atom stereocenters. The van der Waals surface area contributed by atoms with Crippen LogP contribution in [0.2, 0.25) is 0 Å². The number of rotatable bonds is 5. The number of hydrogen-bond donors (Lipinski definition) is 1. The lowest BCUT2D eigenvalue weighted by atomic mass is 10.5. The molecule has 1 aromatic heterocycles. The van der Waals surface area contributed by atoms with Crippen molar-refractivity contribution in [2.24, 2.45) is 5.73 Å². The molecule has 4 heteroatoms. The lowest BCUT2D eigenvalue weighted by Crippen LogP contribution is -2.10. The van der Waals surface area contributed by atoms with E-state index in [4.69, 9.17) is 10.5 Å². The molecule has 2 N–H and O–H groups in total. The smallest absolute Gasteiger partial charge is 0.157 e. The minimum Gasteiger partial charge on any atom is -0.489 e. The van der Waals surface area contributed by atoms with Crippen LogP contribution in [-0.4, -0.2) is 22.9 Å². The van der Waals surface area contributed by atoms with Crippen LogP contribution in [-0.2, 0) is 6.54 Å². The summed E-state index contributed by atoms with van der Waals surface area (Å²) in [5.74, 6) is 0.800. The van der Waals surface area contributed by atoms with E-state index in [1.807, 2.05) is 10.9 Å². The first-order valence-corrected chi connectivity index (χ1v) is 4.22. The van der Waals surface area contributed by atoms with Gasteiger partial charge in [-0.2, -0.15) is 5.10 Å². The molecular formula is C8H15N3O. The van der Waals surface area contributed by atoms with Gasteiger partial charge in [-0.25, -0.2) is 0 Å². The molecule has 0 bridgehead atoms. The van der Waals surface area contributed by atoms with E-state index in [1.165, 1.54) is 0 Å². The van der Waals surface area contributed by atoms with Gasteiger partial charge in [-0.15, -0.1) is 0 Å².